The number of piperidine rings is 1. The van der Waals surface area contributed by atoms with E-state index in [1.807, 2.05) is 12.1 Å². The quantitative estimate of drug-likeness (QED) is 0.649. The molecule has 4 rings (SSSR count). The third-order valence-electron chi connectivity index (χ3n) is 6.50. The Morgan fingerprint density at radius 2 is 2.04 bits per heavy atom. The molecule has 4 atom stereocenters. The molecule has 0 bridgehead atoms. The molecule has 0 saturated carbocycles. The largest absolute Gasteiger partial charge is 0.300 e. The van der Waals surface area contributed by atoms with Gasteiger partial charge in [0.2, 0.25) is 5.91 Å². The Hall–Kier alpha value is -0.340. The monoisotopic (exact) mass is 413 g/mol. The van der Waals surface area contributed by atoms with Gasteiger partial charge in [0.1, 0.15) is 12.1 Å². The summed E-state index contributed by atoms with van der Waals surface area (Å²) in [5, 5.41) is 1.25. The van der Waals surface area contributed by atoms with E-state index < -0.39 is 7.26 Å². The maximum atomic E-state index is 12.7. The molecular weight excluding hydrogens is 386 g/mol. The fourth-order valence-corrected chi connectivity index (χ4v) is 11.1. The summed E-state index contributed by atoms with van der Waals surface area (Å²) >= 11 is 12.3. The standard InChI is InChI=1S/C20H28Cl2N2OP/c1-13(2)18-11-26(3)12-23(9-14-4-6-16(21)17(22)8-14)10-15-5-7-19(25)24(18)20(15)26/h4,6,8,13,15,18,20H,5,7,9-12H2,1-3H3/q+1/t15-,18?,20+,26?/m1/s1. The van der Waals surface area contributed by atoms with Gasteiger partial charge in [-0.1, -0.05) is 43.1 Å². The molecule has 0 N–H and O–H groups in total. The van der Waals surface area contributed by atoms with E-state index in [1.54, 1.807) is 0 Å². The van der Waals surface area contributed by atoms with Gasteiger partial charge < -0.3 is 4.90 Å². The van der Waals surface area contributed by atoms with Crippen LogP contribution in [0.2, 0.25) is 10.0 Å². The molecule has 1 amide bonds. The maximum Gasteiger partial charge on any atom is 0.225 e. The van der Waals surface area contributed by atoms with Crippen LogP contribution in [0, 0.1) is 11.8 Å². The average Bonchev–Trinajstić information content (AvgIpc) is 2.89. The molecule has 0 radical (unpaired) electrons. The highest BCUT2D eigenvalue weighted by atomic mass is 35.5. The number of carbonyl (C=O) groups excluding carboxylic acids is 1. The topological polar surface area (TPSA) is 23.6 Å². The molecule has 26 heavy (non-hydrogen) atoms. The minimum absolute atomic E-state index is 0.409. The minimum Gasteiger partial charge on any atom is -0.300 e. The molecule has 3 aliphatic rings. The number of amides is 1. The van der Waals surface area contributed by atoms with Gasteiger partial charge in [0.15, 0.2) is 0 Å². The number of nitrogens with zero attached hydrogens (tertiary/aromatic N) is 2. The minimum atomic E-state index is -1.19. The van der Waals surface area contributed by atoms with Crippen molar-refractivity contribution >= 4 is 36.4 Å². The van der Waals surface area contributed by atoms with E-state index >= 15 is 0 Å². The number of halogens is 2. The lowest BCUT2D eigenvalue weighted by Gasteiger charge is -2.47. The van der Waals surface area contributed by atoms with Crippen LogP contribution in [0.3, 0.4) is 0 Å². The van der Waals surface area contributed by atoms with E-state index in [0.717, 1.165) is 32.2 Å². The van der Waals surface area contributed by atoms with Crippen LogP contribution < -0.4 is 0 Å². The number of rotatable bonds is 3. The Morgan fingerprint density at radius 3 is 2.73 bits per heavy atom. The lowest BCUT2D eigenvalue weighted by Crippen LogP contribution is -2.55. The molecule has 142 valence electrons. The van der Waals surface area contributed by atoms with Gasteiger partial charge in [-0.2, -0.15) is 0 Å². The van der Waals surface area contributed by atoms with Gasteiger partial charge >= 0.3 is 0 Å². The first kappa shape index (κ1) is 19.0. The lowest BCUT2D eigenvalue weighted by molar-refractivity contribution is -0.139. The summed E-state index contributed by atoms with van der Waals surface area (Å²) < 4.78 is 0. The molecule has 3 aliphatic heterocycles. The van der Waals surface area contributed by atoms with Gasteiger partial charge in [-0.05, 0) is 30.0 Å². The van der Waals surface area contributed by atoms with Crippen molar-refractivity contribution in [3.63, 3.8) is 0 Å². The number of carbonyl (C=O) groups is 1. The Labute approximate surface area is 167 Å². The summed E-state index contributed by atoms with van der Waals surface area (Å²) in [6.07, 6.45) is 4.17. The first-order chi connectivity index (χ1) is 12.3. The molecule has 0 aliphatic carbocycles. The van der Waals surface area contributed by atoms with Crippen LogP contribution in [0.15, 0.2) is 18.2 Å². The Bertz CT molecular complexity index is 728. The van der Waals surface area contributed by atoms with Gasteiger partial charge in [-0.25, -0.2) is 0 Å². The smallest absolute Gasteiger partial charge is 0.225 e. The highest BCUT2D eigenvalue weighted by Gasteiger charge is 2.64. The van der Waals surface area contributed by atoms with Crippen LogP contribution in [0.5, 0.6) is 0 Å². The van der Waals surface area contributed by atoms with Crippen molar-refractivity contribution < 1.29 is 4.79 Å². The Kier molecular flexibility index (Phi) is 5.06. The van der Waals surface area contributed by atoms with Crippen LogP contribution >= 0.6 is 30.5 Å². The molecule has 0 aromatic heterocycles. The summed E-state index contributed by atoms with van der Waals surface area (Å²) in [6, 6.07) is 6.43. The van der Waals surface area contributed by atoms with E-state index in [1.165, 1.54) is 11.7 Å². The molecule has 3 fully saturated rings. The fraction of sp³-hybridized carbons (Fsp3) is 0.650. The molecule has 3 nitrogen and oxygen atoms in total. The number of hydrogen-bond donors (Lipinski definition) is 0. The normalized spacial score (nSPS) is 34.5. The van der Waals surface area contributed by atoms with Crippen molar-refractivity contribution in [2.45, 2.75) is 45.1 Å². The van der Waals surface area contributed by atoms with E-state index in [9.17, 15) is 4.79 Å². The summed E-state index contributed by atoms with van der Waals surface area (Å²) in [5.74, 6) is 2.11. The van der Waals surface area contributed by atoms with Crippen molar-refractivity contribution in [2.75, 3.05) is 25.7 Å². The third kappa shape index (κ3) is 3.20. The zero-order valence-electron chi connectivity index (χ0n) is 15.8. The summed E-state index contributed by atoms with van der Waals surface area (Å²) in [6.45, 7) is 9.09. The summed E-state index contributed by atoms with van der Waals surface area (Å²) in [4.78, 5) is 17.7. The van der Waals surface area contributed by atoms with Gasteiger partial charge in [-0.15, -0.1) is 0 Å². The predicted molar refractivity (Wildman–Crippen MR) is 111 cm³/mol. The molecular formula is C20H28Cl2N2OP+. The van der Waals surface area contributed by atoms with Crippen molar-refractivity contribution in [2.24, 2.45) is 11.8 Å². The molecule has 3 saturated heterocycles. The maximum absolute atomic E-state index is 12.7. The lowest BCUT2D eigenvalue weighted by atomic mass is 9.93. The van der Waals surface area contributed by atoms with Gasteiger partial charge in [0.05, 0.1) is 36.2 Å². The van der Waals surface area contributed by atoms with Crippen molar-refractivity contribution in [3.05, 3.63) is 33.8 Å². The van der Waals surface area contributed by atoms with Gasteiger partial charge in [0.25, 0.3) is 0 Å². The van der Waals surface area contributed by atoms with Gasteiger partial charge in [-0.3, -0.25) is 9.69 Å². The zero-order chi connectivity index (χ0) is 18.6. The number of hydrogen-bond acceptors (Lipinski definition) is 2. The molecule has 1 aromatic carbocycles. The SMILES string of the molecule is CC(C)C1C[P+]2(C)CN(Cc3ccc(Cl)c(Cl)c3)C[C@H]3CCC(=O)N1[C@H]32. The Morgan fingerprint density at radius 1 is 1.27 bits per heavy atom. The molecule has 2 unspecified atom stereocenters. The average molecular weight is 414 g/mol. The van der Waals surface area contributed by atoms with E-state index in [0.29, 0.717) is 39.6 Å². The second-order valence-electron chi connectivity index (χ2n) is 8.89. The zero-order valence-corrected chi connectivity index (χ0v) is 18.2. The first-order valence-corrected chi connectivity index (χ1v) is 13.0. The van der Waals surface area contributed by atoms with Crippen LogP contribution in [-0.2, 0) is 11.3 Å². The second-order valence-corrected chi connectivity index (χ2v) is 13.8. The predicted octanol–water partition coefficient (Wildman–Crippen LogP) is 5.02. The molecule has 1 aromatic rings. The van der Waals surface area contributed by atoms with Crippen LogP contribution in [-0.4, -0.2) is 53.2 Å². The Balaban J connectivity index is 1.58. The fourth-order valence-electron chi connectivity index (χ4n) is 5.49. The molecule has 6 heteroatoms. The van der Waals surface area contributed by atoms with Crippen molar-refractivity contribution in [3.8, 4) is 0 Å². The summed E-state index contributed by atoms with van der Waals surface area (Å²) in [7, 11) is -1.19. The highest BCUT2D eigenvalue weighted by Crippen LogP contribution is 2.71. The third-order valence-corrected chi connectivity index (χ3v) is 11.4. The van der Waals surface area contributed by atoms with Crippen LogP contribution in [0.25, 0.3) is 0 Å². The van der Waals surface area contributed by atoms with Crippen LogP contribution in [0.1, 0.15) is 32.3 Å². The highest BCUT2D eigenvalue weighted by molar-refractivity contribution is 7.76. The van der Waals surface area contributed by atoms with E-state index in [4.69, 9.17) is 23.2 Å². The van der Waals surface area contributed by atoms with E-state index in [-0.39, 0.29) is 0 Å². The summed E-state index contributed by atoms with van der Waals surface area (Å²) in [5.41, 5.74) is 1.23. The number of benzene rings is 1. The first-order valence-electron chi connectivity index (χ1n) is 9.60. The second kappa shape index (κ2) is 6.92. The van der Waals surface area contributed by atoms with Crippen molar-refractivity contribution in [1.82, 2.24) is 9.80 Å². The van der Waals surface area contributed by atoms with Crippen molar-refractivity contribution in [1.29, 1.82) is 0 Å². The van der Waals surface area contributed by atoms with Gasteiger partial charge in [0, 0.05) is 25.4 Å². The van der Waals surface area contributed by atoms with Crippen LogP contribution in [0.4, 0.5) is 0 Å². The molecule has 3 heterocycles. The molecule has 0 spiro atoms. The van der Waals surface area contributed by atoms with E-state index in [2.05, 4.69) is 36.4 Å².